The number of hydrogen-bond donors (Lipinski definition) is 1. The Kier molecular flexibility index (Phi) is 5.44. The molecule has 1 amide bonds. The first-order chi connectivity index (χ1) is 15.3. The van der Waals surface area contributed by atoms with Crippen LogP contribution in [-0.4, -0.2) is 23.9 Å². The second-order valence-electron chi connectivity index (χ2n) is 7.01. The van der Waals surface area contributed by atoms with E-state index in [9.17, 15) is 27.9 Å². The maximum atomic E-state index is 14.8. The number of rotatable bonds is 4. The molecule has 0 saturated carbocycles. The maximum Gasteiger partial charge on any atom is 0.300 e. The van der Waals surface area contributed by atoms with Gasteiger partial charge in [-0.25, -0.2) is 13.2 Å². The van der Waals surface area contributed by atoms with Crippen LogP contribution >= 0.6 is 0 Å². The number of carbonyl (C=O) groups is 2. The highest BCUT2D eigenvalue weighted by Gasteiger charge is 2.48. The molecule has 162 valence electrons. The highest BCUT2D eigenvalue weighted by atomic mass is 19.1. The molecule has 1 N–H and O–H groups in total. The van der Waals surface area contributed by atoms with E-state index >= 15 is 0 Å². The van der Waals surface area contributed by atoms with E-state index in [2.05, 4.69) is 0 Å². The van der Waals surface area contributed by atoms with Crippen LogP contribution in [0.1, 0.15) is 17.2 Å². The van der Waals surface area contributed by atoms with Gasteiger partial charge in [0.2, 0.25) is 0 Å². The van der Waals surface area contributed by atoms with E-state index in [0.717, 1.165) is 35.2 Å². The maximum absolute atomic E-state index is 14.8. The van der Waals surface area contributed by atoms with Crippen LogP contribution in [-0.2, 0) is 9.59 Å². The number of anilines is 1. The zero-order valence-electron chi connectivity index (χ0n) is 16.7. The Morgan fingerprint density at radius 2 is 1.59 bits per heavy atom. The molecule has 0 radical (unpaired) electrons. The minimum atomic E-state index is -1.38. The van der Waals surface area contributed by atoms with Crippen molar-refractivity contribution in [1.29, 1.82) is 0 Å². The first kappa shape index (κ1) is 21.2. The van der Waals surface area contributed by atoms with Gasteiger partial charge in [-0.1, -0.05) is 18.2 Å². The second-order valence-corrected chi connectivity index (χ2v) is 7.01. The molecule has 1 aliphatic rings. The molecule has 5 nitrogen and oxygen atoms in total. The van der Waals surface area contributed by atoms with Gasteiger partial charge < -0.3 is 9.84 Å². The molecule has 0 spiro atoms. The quantitative estimate of drug-likeness (QED) is 0.362. The van der Waals surface area contributed by atoms with Gasteiger partial charge >= 0.3 is 0 Å². The van der Waals surface area contributed by atoms with Gasteiger partial charge in [0, 0.05) is 11.3 Å². The van der Waals surface area contributed by atoms with Crippen molar-refractivity contribution in [2.24, 2.45) is 0 Å². The summed E-state index contributed by atoms with van der Waals surface area (Å²) < 4.78 is 47.3. The molecule has 0 aliphatic carbocycles. The van der Waals surface area contributed by atoms with Crippen molar-refractivity contribution in [2.45, 2.75) is 6.04 Å². The number of aliphatic hydroxyl groups is 1. The van der Waals surface area contributed by atoms with Crippen LogP contribution in [0.3, 0.4) is 0 Å². The van der Waals surface area contributed by atoms with Crippen molar-refractivity contribution in [3.63, 3.8) is 0 Å². The van der Waals surface area contributed by atoms with Crippen LogP contribution in [0, 0.1) is 17.5 Å². The Morgan fingerprint density at radius 1 is 0.938 bits per heavy atom. The predicted molar refractivity (Wildman–Crippen MR) is 111 cm³/mol. The van der Waals surface area contributed by atoms with Crippen molar-refractivity contribution in [2.75, 3.05) is 12.0 Å². The molecule has 4 rings (SSSR count). The largest absolute Gasteiger partial charge is 0.507 e. The van der Waals surface area contributed by atoms with Crippen molar-refractivity contribution in [3.05, 3.63) is 101 Å². The van der Waals surface area contributed by atoms with E-state index in [0.29, 0.717) is 0 Å². The van der Waals surface area contributed by atoms with Crippen LogP contribution in [0.25, 0.3) is 5.76 Å². The van der Waals surface area contributed by atoms with Gasteiger partial charge in [0.1, 0.15) is 29.0 Å². The number of benzene rings is 3. The van der Waals surface area contributed by atoms with Gasteiger partial charge in [-0.2, -0.15) is 0 Å². The van der Waals surface area contributed by atoms with Gasteiger partial charge in [-0.3, -0.25) is 14.5 Å². The number of aliphatic hydroxyl groups excluding tert-OH is 1. The monoisotopic (exact) mass is 439 g/mol. The van der Waals surface area contributed by atoms with E-state index in [1.807, 2.05) is 0 Å². The van der Waals surface area contributed by atoms with Gasteiger partial charge in [0.05, 0.1) is 24.3 Å². The van der Waals surface area contributed by atoms with E-state index in [4.69, 9.17) is 4.74 Å². The number of halogens is 3. The Hall–Kier alpha value is -4.07. The van der Waals surface area contributed by atoms with Gasteiger partial charge in [-0.05, 0) is 48.5 Å². The molecule has 3 aromatic carbocycles. The molecule has 0 aromatic heterocycles. The number of hydrogen-bond acceptors (Lipinski definition) is 4. The summed E-state index contributed by atoms with van der Waals surface area (Å²) in [6.07, 6.45) is 0. The van der Waals surface area contributed by atoms with E-state index < -0.39 is 46.5 Å². The van der Waals surface area contributed by atoms with Crippen molar-refractivity contribution >= 4 is 23.1 Å². The predicted octanol–water partition coefficient (Wildman–Crippen LogP) is 4.74. The highest BCUT2D eigenvalue weighted by Crippen LogP contribution is 2.44. The minimum Gasteiger partial charge on any atom is -0.507 e. The lowest BCUT2D eigenvalue weighted by Crippen LogP contribution is -2.29. The number of ketones is 1. The number of Topliss-reactive ketones (excluding diaryl/α,β-unsaturated/α-hetero) is 1. The lowest BCUT2D eigenvalue weighted by Gasteiger charge is -2.25. The summed E-state index contributed by atoms with van der Waals surface area (Å²) in [4.78, 5) is 26.9. The third-order valence-electron chi connectivity index (χ3n) is 5.17. The van der Waals surface area contributed by atoms with Crippen LogP contribution < -0.4 is 9.64 Å². The Morgan fingerprint density at radius 3 is 2.25 bits per heavy atom. The molecule has 1 fully saturated rings. The standard InChI is InChI=1S/C24H16F3NO4/c1-32-19-11-8-14(26)12-17(19)22(29)20-21(16-4-2-3-5-18(16)27)28(24(31)23(20)30)15-9-6-13(25)7-10-15/h2-12,21,29H,1H3/b22-20+. The molecule has 1 unspecified atom stereocenters. The fourth-order valence-electron chi connectivity index (χ4n) is 3.70. The summed E-state index contributed by atoms with van der Waals surface area (Å²) in [6.45, 7) is 0. The molecular formula is C24H16F3NO4. The molecule has 1 atom stereocenters. The van der Waals surface area contributed by atoms with Gasteiger partial charge in [0.15, 0.2) is 0 Å². The van der Waals surface area contributed by atoms with Crippen LogP contribution in [0.15, 0.2) is 72.3 Å². The molecule has 8 heteroatoms. The molecule has 1 aliphatic heterocycles. The number of ether oxygens (including phenoxy) is 1. The molecule has 1 heterocycles. The Bertz CT molecular complexity index is 1250. The average Bonchev–Trinajstić information content (AvgIpc) is 3.04. The van der Waals surface area contributed by atoms with E-state index in [1.165, 1.54) is 43.5 Å². The van der Waals surface area contributed by atoms with Crippen molar-refractivity contribution in [1.82, 2.24) is 0 Å². The Balaban J connectivity index is 2.01. The Labute approximate surface area is 181 Å². The fourth-order valence-corrected chi connectivity index (χ4v) is 3.70. The van der Waals surface area contributed by atoms with Crippen LogP contribution in [0.2, 0.25) is 0 Å². The normalized spacial score (nSPS) is 17.6. The van der Waals surface area contributed by atoms with Crippen LogP contribution in [0.5, 0.6) is 5.75 Å². The smallest absolute Gasteiger partial charge is 0.300 e. The third kappa shape index (κ3) is 3.49. The zero-order valence-corrected chi connectivity index (χ0v) is 16.7. The number of nitrogens with zero attached hydrogens (tertiary/aromatic N) is 1. The number of carbonyl (C=O) groups excluding carboxylic acids is 2. The summed E-state index contributed by atoms with van der Waals surface area (Å²) in [5.41, 5.74) is -0.584. The summed E-state index contributed by atoms with van der Waals surface area (Å²) in [5, 5.41) is 11.0. The summed E-state index contributed by atoms with van der Waals surface area (Å²) in [7, 11) is 1.29. The molecule has 1 saturated heterocycles. The average molecular weight is 439 g/mol. The highest BCUT2D eigenvalue weighted by molar-refractivity contribution is 6.51. The minimum absolute atomic E-state index is 0.0455. The first-order valence-electron chi connectivity index (χ1n) is 9.48. The van der Waals surface area contributed by atoms with Crippen molar-refractivity contribution in [3.8, 4) is 5.75 Å². The van der Waals surface area contributed by atoms with E-state index in [1.54, 1.807) is 0 Å². The fraction of sp³-hybridized carbons (Fsp3) is 0.0833. The lowest BCUT2D eigenvalue weighted by atomic mass is 9.94. The summed E-state index contributed by atoms with van der Waals surface area (Å²) in [5.74, 6) is -4.86. The number of methoxy groups -OCH3 is 1. The lowest BCUT2D eigenvalue weighted by molar-refractivity contribution is -0.132. The van der Waals surface area contributed by atoms with Gasteiger partial charge in [-0.15, -0.1) is 0 Å². The molecule has 3 aromatic rings. The van der Waals surface area contributed by atoms with E-state index in [-0.39, 0.29) is 22.6 Å². The van der Waals surface area contributed by atoms with Crippen molar-refractivity contribution < 1.29 is 32.6 Å². The molecule has 32 heavy (non-hydrogen) atoms. The third-order valence-corrected chi connectivity index (χ3v) is 5.17. The first-order valence-corrected chi connectivity index (χ1v) is 9.48. The number of amides is 1. The topological polar surface area (TPSA) is 66.8 Å². The second kappa shape index (κ2) is 8.22. The zero-order chi connectivity index (χ0) is 23.0. The van der Waals surface area contributed by atoms with Crippen LogP contribution in [0.4, 0.5) is 18.9 Å². The molecular weight excluding hydrogens is 423 g/mol. The SMILES string of the molecule is COc1ccc(F)cc1/C(O)=C1\C(=O)C(=O)N(c2ccc(F)cc2)C1c1ccccc1F. The van der Waals surface area contributed by atoms with Gasteiger partial charge in [0.25, 0.3) is 11.7 Å². The summed E-state index contributed by atoms with van der Waals surface area (Å²) in [6, 6.07) is 12.0. The summed E-state index contributed by atoms with van der Waals surface area (Å²) >= 11 is 0. The molecule has 0 bridgehead atoms.